The van der Waals surface area contributed by atoms with Gasteiger partial charge in [0, 0.05) is 18.6 Å². The molecule has 0 bridgehead atoms. The fourth-order valence-corrected chi connectivity index (χ4v) is 1.38. The first-order valence-electron chi connectivity index (χ1n) is 4.44. The summed E-state index contributed by atoms with van der Waals surface area (Å²) in [6, 6.07) is 5.39. The average Bonchev–Trinajstić information content (AvgIpc) is 2.55. The Hall–Kier alpha value is -2.10. The maximum Gasteiger partial charge on any atom is 0.328 e. The molecule has 0 radical (unpaired) electrons. The fourth-order valence-electron chi connectivity index (χ4n) is 1.38. The molecule has 2 aromatic rings. The van der Waals surface area contributed by atoms with E-state index in [4.69, 9.17) is 9.52 Å². The van der Waals surface area contributed by atoms with E-state index >= 15 is 0 Å². The number of hydrogen-bond acceptors (Lipinski definition) is 3. The Labute approximate surface area is 85.9 Å². The number of hydrogen-bond donors (Lipinski definition) is 1. The molecule has 0 atom stereocenters. The Morgan fingerprint density at radius 2 is 2.33 bits per heavy atom. The van der Waals surface area contributed by atoms with Crippen LogP contribution in [-0.2, 0) is 4.79 Å². The van der Waals surface area contributed by atoms with Crippen molar-refractivity contribution in [2.45, 2.75) is 6.92 Å². The van der Waals surface area contributed by atoms with Gasteiger partial charge in [0.1, 0.15) is 5.52 Å². The zero-order valence-corrected chi connectivity index (χ0v) is 8.10. The number of fused-ring (bicyclic) bond motifs is 1. The Balaban J connectivity index is 2.55. The lowest BCUT2D eigenvalue weighted by atomic mass is 10.2. The summed E-state index contributed by atoms with van der Waals surface area (Å²) in [5, 5.41) is 8.52. The lowest BCUT2D eigenvalue weighted by Gasteiger charge is -1.92. The van der Waals surface area contributed by atoms with Crippen LogP contribution in [0.3, 0.4) is 0 Å². The summed E-state index contributed by atoms with van der Waals surface area (Å²) in [6.45, 7) is 1.75. The van der Waals surface area contributed by atoms with E-state index in [0.717, 1.165) is 11.6 Å². The largest absolute Gasteiger partial charge is 0.478 e. The minimum Gasteiger partial charge on any atom is -0.478 e. The number of rotatable bonds is 2. The summed E-state index contributed by atoms with van der Waals surface area (Å²) in [5.74, 6) is -0.409. The van der Waals surface area contributed by atoms with Crippen LogP contribution < -0.4 is 0 Å². The van der Waals surface area contributed by atoms with Gasteiger partial charge in [-0.15, -0.1) is 0 Å². The molecule has 2 rings (SSSR count). The highest BCUT2D eigenvalue weighted by Gasteiger charge is 2.04. The Kier molecular flexibility index (Phi) is 2.25. The van der Waals surface area contributed by atoms with Gasteiger partial charge < -0.3 is 9.52 Å². The molecule has 4 nitrogen and oxygen atoms in total. The first-order valence-corrected chi connectivity index (χ1v) is 4.44. The normalized spacial score (nSPS) is 11.3. The summed E-state index contributed by atoms with van der Waals surface area (Å²) in [4.78, 5) is 14.6. The zero-order valence-electron chi connectivity index (χ0n) is 8.10. The first kappa shape index (κ1) is 9.45. The van der Waals surface area contributed by atoms with Gasteiger partial charge in [-0.05, 0) is 12.1 Å². The number of aryl methyl sites for hydroxylation is 1. The first-order chi connectivity index (χ1) is 7.16. The van der Waals surface area contributed by atoms with Crippen LogP contribution in [0.5, 0.6) is 0 Å². The van der Waals surface area contributed by atoms with Crippen LogP contribution in [0.15, 0.2) is 28.7 Å². The van der Waals surface area contributed by atoms with Crippen molar-refractivity contribution in [3.8, 4) is 0 Å². The number of benzene rings is 1. The molecule has 15 heavy (non-hydrogen) atoms. The van der Waals surface area contributed by atoms with Gasteiger partial charge in [-0.25, -0.2) is 9.78 Å². The molecule has 0 saturated carbocycles. The van der Waals surface area contributed by atoms with Gasteiger partial charge in [0.05, 0.1) is 0 Å². The van der Waals surface area contributed by atoms with Crippen molar-refractivity contribution in [1.82, 2.24) is 4.98 Å². The molecule has 1 heterocycles. The van der Waals surface area contributed by atoms with Gasteiger partial charge in [0.2, 0.25) is 0 Å². The number of carboxylic acids is 1. The summed E-state index contributed by atoms with van der Waals surface area (Å²) in [6.07, 6.45) is 2.59. The molecule has 1 aromatic heterocycles. The van der Waals surface area contributed by atoms with E-state index in [2.05, 4.69) is 4.98 Å². The standard InChI is InChI=1S/C11H9NO3/c1-7-12-11-8(5-6-10(13)14)3-2-4-9(11)15-7/h2-6H,1H3,(H,13,14)/b6-5+. The third-order valence-electron chi connectivity index (χ3n) is 1.96. The van der Waals surface area contributed by atoms with Gasteiger partial charge in [0.15, 0.2) is 11.5 Å². The van der Waals surface area contributed by atoms with E-state index in [1.165, 1.54) is 6.08 Å². The van der Waals surface area contributed by atoms with Crippen LogP contribution in [-0.4, -0.2) is 16.1 Å². The predicted octanol–water partition coefficient (Wildman–Crippen LogP) is 2.23. The van der Waals surface area contributed by atoms with Crippen LogP contribution in [0.1, 0.15) is 11.5 Å². The third-order valence-corrected chi connectivity index (χ3v) is 1.96. The molecule has 0 saturated heterocycles. The lowest BCUT2D eigenvalue weighted by molar-refractivity contribution is -0.131. The molecule has 0 amide bonds. The van der Waals surface area contributed by atoms with Crippen LogP contribution >= 0.6 is 0 Å². The Morgan fingerprint density at radius 3 is 3.07 bits per heavy atom. The van der Waals surface area contributed by atoms with Crippen molar-refractivity contribution in [2.75, 3.05) is 0 Å². The maximum atomic E-state index is 10.4. The van der Waals surface area contributed by atoms with Crippen molar-refractivity contribution in [1.29, 1.82) is 0 Å². The fraction of sp³-hybridized carbons (Fsp3) is 0.0909. The second-order valence-electron chi connectivity index (χ2n) is 3.10. The highest BCUT2D eigenvalue weighted by molar-refractivity contribution is 5.90. The van der Waals surface area contributed by atoms with Crippen molar-refractivity contribution in [3.63, 3.8) is 0 Å². The number of nitrogens with zero attached hydrogens (tertiary/aromatic N) is 1. The molecule has 0 aliphatic rings. The van der Waals surface area contributed by atoms with E-state index < -0.39 is 5.97 Å². The lowest BCUT2D eigenvalue weighted by Crippen LogP contribution is -1.86. The van der Waals surface area contributed by atoms with Crippen molar-refractivity contribution < 1.29 is 14.3 Å². The van der Waals surface area contributed by atoms with Crippen molar-refractivity contribution in [2.24, 2.45) is 0 Å². The maximum absolute atomic E-state index is 10.4. The van der Waals surface area contributed by atoms with E-state index in [1.807, 2.05) is 0 Å². The zero-order chi connectivity index (χ0) is 10.8. The topological polar surface area (TPSA) is 63.3 Å². The molecule has 76 valence electrons. The minimum absolute atomic E-state index is 0.571. The van der Waals surface area contributed by atoms with E-state index in [9.17, 15) is 4.79 Å². The molecule has 0 fully saturated rings. The van der Waals surface area contributed by atoms with Crippen molar-refractivity contribution >= 4 is 23.1 Å². The highest BCUT2D eigenvalue weighted by Crippen LogP contribution is 2.20. The Bertz CT molecular complexity index is 540. The van der Waals surface area contributed by atoms with Gasteiger partial charge in [-0.1, -0.05) is 12.1 Å². The van der Waals surface area contributed by atoms with Gasteiger partial charge in [0.25, 0.3) is 0 Å². The number of carbonyl (C=O) groups is 1. The average molecular weight is 203 g/mol. The summed E-state index contributed by atoms with van der Waals surface area (Å²) >= 11 is 0. The summed E-state index contributed by atoms with van der Waals surface area (Å²) < 4.78 is 5.32. The molecule has 4 heteroatoms. The number of carboxylic acid groups (broad SMARTS) is 1. The molecule has 0 aliphatic carbocycles. The van der Waals surface area contributed by atoms with Crippen LogP contribution in [0, 0.1) is 6.92 Å². The van der Waals surface area contributed by atoms with Crippen LogP contribution in [0.4, 0.5) is 0 Å². The van der Waals surface area contributed by atoms with Gasteiger partial charge in [-0.3, -0.25) is 0 Å². The molecule has 0 spiro atoms. The van der Waals surface area contributed by atoms with Crippen molar-refractivity contribution in [3.05, 3.63) is 35.7 Å². The molecule has 1 aromatic carbocycles. The van der Waals surface area contributed by atoms with E-state index in [0.29, 0.717) is 17.0 Å². The molecule has 0 unspecified atom stereocenters. The third kappa shape index (κ3) is 1.88. The monoisotopic (exact) mass is 203 g/mol. The number of oxazole rings is 1. The highest BCUT2D eigenvalue weighted by atomic mass is 16.4. The van der Waals surface area contributed by atoms with E-state index in [-0.39, 0.29) is 0 Å². The molecule has 1 N–H and O–H groups in total. The minimum atomic E-state index is -0.979. The van der Waals surface area contributed by atoms with Crippen LogP contribution in [0.2, 0.25) is 0 Å². The van der Waals surface area contributed by atoms with E-state index in [1.54, 1.807) is 25.1 Å². The number of para-hydroxylation sites is 1. The quantitative estimate of drug-likeness (QED) is 0.760. The van der Waals surface area contributed by atoms with Gasteiger partial charge in [-0.2, -0.15) is 0 Å². The predicted molar refractivity (Wildman–Crippen MR) is 55.4 cm³/mol. The SMILES string of the molecule is Cc1nc2c(/C=C/C(=O)O)cccc2o1. The number of aromatic nitrogens is 1. The Morgan fingerprint density at radius 1 is 1.53 bits per heavy atom. The summed E-state index contributed by atoms with van der Waals surface area (Å²) in [7, 11) is 0. The summed E-state index contributed by atoms with van der Waals surface area (Å²) in [5.41, 5.74) is 2.10. The van der Waals surface area contributed by atoms with Gasteiger partial charge >= 0.3 is 5.97 Å². The smallest absolute Gasteiger partial charge is 0.328 e. The number of aliphatic carboxylic acids is 1. The molecule has 0 aliphatic heterocycles. The molecular weight excluding hydrogens is 194 g/mol. The van der Waals surface area contributed by atoms with Crippen LogP contribution in [0.25, 0.3) is 17.2 Å². The molecular formula is C11H9NO3. The second-order valence-corrected chi connectivity index (χ2v) is 3.10. The second kappa shape index (κ2) is 3.57.